The van der Waals surface area contributed by atoms with E-state index in [1.54, 1.807) is 25.1 Å². The van der Waals surface area contributed by atoms with Crippen molar-refractivity contribution in [3.63, 3.8) is 0 Å². The molecular formula is C19H16Cl2FN3O3. The quantitative estimate of drug-likeness (QED) is 0.717. The van der Waals surface area contributed by atoms with Crippen LogP contribution in [0.1, 0.15) is 24.9 Å². The Balaban J connectivity index is 1.64. The van der Waals surface area contributed by atoms with E-state index in [-0.39, 0.29) is 18.2 Å². The van der Waals surface area contributed by atoms with Crippen molar-refractivity contribution in [3.05, 3.63) is 63.9 Å². The van der Waals surface area contributed by atoms with Gasteiger partial charge in [-0.3, -0.25) is 9.59 Å². The molecular weight excluding hydrogens is 408 g/mol. The van der Waals surface area contributed by atoms with E-state index in [0.29, 0.717) is 10.0 Å². The Bertz CT molecular complexity index is 937. The van der Waals surface area contributed by atoms with Gasteiger partial charge in [0.15, 0.2) is 0 Å². The molecule has 2 aromatic rings. The van der Waals surface area contributed by atoms with Crippen LogP contribution in [0.2, 0.25) is 10.0 Å². The smallest absolute Gasteiger partial charge is 0.329 e. The maximum atomic E-state index is 13.1. The molecule has 146 valence electrons. The summed E-state index contributed by atoms with van der Waals surface area (Å²) in [6, 6.07) is 7.91. The molecule has 1 heterocycles. The third-order valence-corrected chi connectivity index (χ3v) is 5.05. The average molecular weight is 424 g/mol. The van der Waals surface area contributed by atoms with Crippen LogP contribution < -0.4 is 15.5 Å². The molecule has 1 aliphatic heterocycles. The fourth-order valence-electron chi connectivity index (χ4n) is 2.86. The number of rotatable bonds is 5. The van der Waals surface area contributed by atoms with Crippen LogP contribution in [0, 0.1) is 5.82 Å². The van der Waals surface area contributed by atoms with Gasteiger partial charge >= 0.3 is 6.03 Å². The minimum Gasteiger partial charge on any atom is -0.350 e. The summed E-state index contributed by atoms with van der Waals surface area (Å²) in [4.78, 5) is 37.8. The highest BCUT2D eigenvalue weighted by atomic mass is 35.5. The zero-order valence-electron chi connectivity index (χ0n) is 14.7. The van der Waals surface area contributed by atoms with Crippen LogP contribution >= 0.6 is 23.2 Å². The second kappa shape index (κ2) is 8.16. The Morgan fingerprint density at radius 1 is 1.18 bits per heavy atom. The van der Waals surface area contributed by atoms with Gasteiger partial charge in [0.05, 0.1) is 28.2 Å². The van der Waals surface area contributed by atoms with Gasteiger partial charge in [-0.2, -0.15) is 0 Å². The van der Waals surface area contributed by atoms with E-state index >= 15 is 0 Å². The maximum absolute atomic E-state index is 13.1. The van der Waals surface area contributed by atoms with Crippen LogP contribution in [-0.4, -0.2) is 23.9 Å². The molecule has 2 aromatic carbocycles. The third-order valence-electron chi connectivity index (χ3n) is 4.31. The number of anilines is 1. The van der Waals surface area contributed by atoms with E-state index < -0.39 is 29.7 Å². The fraction of sp³-hybridized carbons (Fsp3) is 0.211. The van der Waals surface area contributed by atoms with E-state index in [4.69, 9.17) is 23.2 Å². The van der Waals surface area contributed by atoms with E-state index in [2.05, 4.69) is 10.6 Å². The lowest BCUT2D eigenvalue weighted by molar-refractivity contribution is -0.126. The molecule has 0 radical (unpaired) electrons. The molecule has 1 saturated heterocycles. The molecule has 28 heavy (non-hydrogen) atoms. The Labute approximate surface area is 170 Å². The standard InChI is InChI=1S/C19H16Cl2FN3O3/c1-10(11-2-7-14(20)15(21)8-11)23-17(26)9-16-18(27)25(19(28)24-16)13-5-3-12(22)4-6-13/h2-8,10,16H,9H2,1H3,(H,23,26)(H,24,28)/t10-,16+/m0/s1. The molecule has 0 unspecified atom stereocenters. The number of amides is 4. The Kier molecular flexibility index (Phi) is 5.86. The van der Waals surface area contributed by atoms with Gasteiger partial charge in [0, 0.05) is 0 Å². The molecule has 0 spiro atoms. The molecule has 9 heteroatoms. The van der Waals surface area contributed by atoms with E-state index in [9.17, 15) is 18.8 Å². The number of halogens is 3. The molecule has 3 rings (SSSR count). The lowest BCUT2D eigenvalue weighted by Crippen LogP contribution is -2.37. The molecule has 0 bridgehead atoms. The first kappa shape index (κ1) is 20.1. The minimum atomic E-state index is -1.00. The van der Waals surface area contributed by atoms with E-state index in [1.807, 2.05) is 0 Å². The molecule has 2 atom stereocenters. The monoisotopic (exact) mass is 423 g/mol. The summed E-state index contributed by atoms with van der Waals surface area (Å²) in [5, 5.41) is 6.00. The summed E-state index contributed by atoms with van der Waals surface area (Å²) >= 11 is 11.9. The number of carbonyl (C=O) groups excluding carboxylic acids is 3. The first-order chi connectivity index (χ1) is 13.3. The summed E-state index contributed by atoms with van der Waals surface area (Å²) in [5.41, 5.74) is 0.980. The number of nitrogens with one attached hydrogen (secondary N) is 2. The van der Waals surface area contributed by atoms with Gasteiger partial charge in [-0.05, 0) is 48.9 Å². The molecule has 1 fully saturated rings. The zero-order chi connectivity index (χ0) is 20.4. The Morgan fingerprint density at radius 3 is 2.50 bits per heavy atom. The molecule has 4 amide bonds. The molecule has 0 saturated carbocycles. The first-order valence-corrected chi connectivity index (χ1v) is 9.16. The van der Waals surface area contributed by atoms with Crippen LogP contribution in [0.5, 0.6) is 0 Å². The number of nitrogens with zero attached hydrogens (tertiary/aromatic N) is 1. The summed E-state index contributed by atoms with van der Waals surface area (Å²) < 4.78 is 13.1. The van der Waals surface area contributed by atoms with Crippen molar-refractivity contribution in [3.8, 4) is 0 Å². The van der Waals surface area contributed by atoms with Crippen molar-refractivity contribution in [2.45, 2.75) is 25.4 Å². The van der Waals surface area contributed by atoms with Gasteiger partial charge in [-0.15, -0.1) is 0 Å². The molecule has 6 nitrogen and oxygen atoms in total. The minimum absolute atomic E-state index is 0.228. The van der Waals surface area contributed by atoms with Crippen LogP contribution in [0.25, 0.3) is 0 Å². The second-order valence-corrected chi connectivity index (χ2v) is 7.13. The predicted molar refractivity (Wildman–Crippen MR) is 104 cm³/mol. The number of imide groups is 1. The number of hydrogen-bond acceptors (Lipinski definition) is 3. The van der Waals surface area contributed by atoms with Crippen molar-refractivity contribution in [1.29, 1.82) is 0 Å². The molecule has 0 aliphatic carbocycles. The molecule has 1 aliphatic rings. The fourth-order valence-corrected chi connectivity index (χ4v) is 3.16. The summed E-state index contributed by atoms with van der Waals surface area (Å²) in [5.74, 6) is -1.48. The topological polar surface area (TPSA) is 78.5 Å². The number of carbonyl (C=O) groups is 3. The number of urea groups is 1. The van der Waals surface area contributed by atoms with E-state index in [0.717, 1.165) is 22.6 Å². The highest BCUT2D eigenvalue weighted by molar-refractivity contribution is 6.42. The highest BCUT2D eigenvalue weighted by Crippen LogP contribution is 2.26. The van der Waals surface area contributed by atoms with E-state index in [1.165, 1.54) is 12.1 Å². The van der Waals surface area contributed by atoms with Gasteiger partial charge in [0.1, 0.15) is 11.9 Å². The largest absolute Gasteiger partial charge is 0.350 e. The Morgan fingerprint density at radius 2 is 1.86 bits per heavy atom. The van der Waals surface area contributed by atoms with Gasteiger partial charge in [0.25, 0.3) is 5.91 Å². The SMILES string of the molecule is C[C@H](NC(=O)C[C@H]1NC(=O)N(c2ccc(F)cc2)C1=O)c1ccc(Cl)c(Cl)c1. The van der Waals surface area contributed by atoms with Crippen molar-refractivity contribution in [1.82, 2.24) is 10.6 Å². The molecule has 0 aromatic heterocycles. The van der Waals surface area contributed by atoms with Crippen LogP contribution in [-0.2, 0) is 9.59 Å². The van der Waals surface area contributed by atoms with Gasteiger partial charge in [-0.1, -0.05) is 29.3 Å². The van der Waals surface area contributed by atoms with Crippen LogP contribution in [0.3, 0.4) is 0 Å². The zero-order valence-corrected chi connectivity index (χ0v) is 16.2. The first-order valence-electron chi connectivity index (χ1n) is 8.40. The Hall–Kier alpha value is -2.64. The second-order valence-electron chi connectivity index (χ2n) is 6.32. The van der Waals surface area contributed by atoms with Crippen LogP contribution in [0.4, 0.5) is 14.9 Å². The van der Waals surface area contributed by atoms with Gasteiger partial charge < -0.3 is 10.6 Å². The average Bonchev–Trinajstić information content (AvgIpc) is 2.91. The molecule has 2 N–H and O–H groups in total. The normalized spacial score (nSPS) is 17.4. The maximum Gasteiger partial charge on any atom is 0.329 e. The van der Waals surface area contributed by atoms with Crippen molar-refractivity contribution >= 4 is 46.7 Å². The van der Waals surface area contributed by atoms with Gasteiger partial charge in [-0.25, -0.2) is 14.1 Å². The number of hydrogen-bond donors (Lipinski definition) is 2. The lowest BCUT2D eigenvalue weighted by Gasteiger charge is -2.16. The van der Waals surface area contributed by atoms with Gasteiger partial charge in [0.2, 0.25) is 5.91 Å². The van der Waals surface area contributed by atoms with Crippen LogP contribution in [0.15, 0.2) is 42.5 Å². The summed E-state index contributed by atoms with van der Waals surface area (Å²) in [6.07, 6.45) is -0.228. The third kappa shape index (κ3) is 4.26. The van der Waals surface area contributed by atoms with Crippen molar-refractivity contribution < 1.29 is 18.8 Å². The summed E-state index contributed by atoms with van der Waals surface area (Å²) in [7, 11) is 0. The predicted octanol–water partition coefficient (Wildman–Crippen LogP) is 3.82. The highest BCUT2D eigenvalue weighted by Gasteiger charge is 2.40. The number of benzene rings is 2. The van der Waals surface area contributed by atoms with Crippen molar-refractivity contribution in [2.75, 3.05) is 4.90 Å². The summed E-state index contributed by atoms with van der Waals surface area (Å²) in [6.45, 7) is 1.76. The van der Waals surface area contributed by atoms with Crippen molar-refractivity contribution in [2.24, 2.45) is 0 Å². The lowest BCUT2D eigenvalue weighted by atomic mass is 10.1.